The molecule has 0 aliphatic heterocycles. The molecule has 0 saturated carbocycles. The van der Waals surface area contributed by atoms with Gasteiger partial charge in [-0.15, -0.1) is 0 Å². The van der Waals surface area contributed by atoms with E-state index in [0.29, 0.717) is 6.04 Å². The van der Waals surface area contributed by atoms with Crippen LogP contribution in [0.15, 0.2) is 17.1 Å². The Bertz CT molecular complexity index is 128. The summed E-state index contributed by atoms with van der Waals surface area (Å²) in [5, 5.41) is 3.28. The fraction of sp³-hybridized carbons (Fsp3) is 0.667. The summed E-state index contributed by atoms with van der Waals surface area (Å²) in [4.78, 5) is 4.06. The van der Waals surface area contributed by atoms with E-state index >= 15 is 0 Å². The molecule has 0 aromatic rings. The van der Waals surface area contributed by atoms with Gasteiger partial charge in [0.2, 0.25) is 0 Å². The Labute approximate surface area is 69.4 Å². The van der Waals surface area contributed by atoms with Crippen LogP contribution in [0.25, 0.3) is 0 Å². The van der Waals surface area contributed by atoms with Crippen LogP contribution in [0.2, 0.25) is 0 Å². The molecule has 0 bridgehead atoms. The molecular weight excluding hydrogens is 136 g/mol. The number of nitrogens with one attached hydrogen (secondary N) is 1. The van der Waals surface area contributed by atoms with Gasteiger partial charge >= 0.3 is 0 Å². The number of nitrogens with zero attached hydrogens (tertiary/aromatic N) is 1. The van der Waals surface area contributed by atoms with Crippen LogP contribution in [0.3, 0.4) is 0 Å². The van der Waals surface area contributed by atoms with Crippen LogP contribution in [0, 0.1) is 0 Å². The molecule has 0 saturated heterocycles. The molecule has 0 amide bonds. The first kappa shape index (κ1) is 10.4. The second-order valence-corrected chi connectivity index (χ2v) is 2.40. The van der Waals surface area contributed by atoms with Crippen LogP contribution in [0.4, 0.5) is 0 Å². The van der Waals surface area contributed by atoms with E-state index in [9.17, 15) is 0 Å². The van der Waals surface area contributed by atoms with Crippen LogP contribution in [0.5, 0.6) is 0 Å². The minimum absolute atomic E-state index is 0.465. The van der Waals surface area contributed by atoms with E-state index in [1.54, 1.807) is 0 Å². The van der Waals surface area contributed by atoms with Crippen molar-refractivity contribution in [2.75, 3.05) is 13.1 Å². The minimum Gasteiger partial charge on any atom is -0.311 e. The Morgan fingerprint density at radius 1 is 1.55 bits per heavy atom. The molecule has 2 nitrogen and oxygen atoms in total. The fourth-order valence-electron chi connectivity index (χ4n) is 0.821. The van der Waals surface area contributed by atoms with Crippen molar-refractivity contribution >= 4 is 6.21 Å². The molecule has 1 atom stereocenters. The monoisotopic (exact) mass is 154 g/mol. The molecule has 11 heavy (non-hydrogen) atoms. The molecule has 1 unspecified atom stereocenters. The average molecular weight is 154 g/mol. The Balaban J connectivity index is 3.39. The Hall–Kier alpha value is -0.630. The van der Waals surface area contributed by atoms with Crippen LogP contribution in [-0.2, 0) is 0 Å². The summed E-state index contributed by atoms with van der Waals surface area (Å²) in [6.07, 6.45) is 6.03. The lowest BCUT2D eigenvalue weighted by molar-refractivity contribution is 0.660. The first-order valence-electron chi connectivity index (χ1n) is 4.15. The first-order valence-corrected chi connectivity index (χ1v) is 4.15. The maximum atomic E-state index is 4.06. The molecule has 0 aromatic heterocycles. The van der Waals surface area contributed by atoms with Gasteiger partial charge in [-0.25, -0.2) is 0 Å². The lowest BCUT2D eigenvalue weighted by atomic mass is 10.3. The van der Waals surface area contributed by atoms with Gasteiger partial charge in [0.05, 0.1) is 6.54 Å². The summed E-state index contributed by atoms with van der Waals surface area (Å²) in [6.45, 7) is 7.99. The molecule has 0 radical (unpaired) electrons. The number of aliphatic imine (C=N–C) groups is 1. The average Bonchev–Trinajstić information content (AvgIpc) is 1.99. The van der Waals surface area contributed by atoms with E-state index in [-0.39, 0.29) is 0 Å². The van der Waals surface area contributed by atoms with E-state index in [4.69, 9.17) is 0 Å². The highest BCUT2D eigenvalue weighted by Gasteiger charge is 1.89. The molecule has 2 heteroatoms. The van der Waals surface area contributed by atoms with Gasteiger partial charge in [-0.1, -0.05) is 19.1 Å². The number of likely N-dealkylation sites (N-methyl/N-ethyl adjacent to an activating group) is 1. The van der Waals surface area contributed by atoms with Gasteiger partial charge in [-0.05, 0) is 26.6 Å². The lowest BCUT2D eigenvalue weighted by Crippen LogP contribution is -2.23. The zero-order valence-corrected chi connectivity index (χ0v) is 7.67. The fourth-order valence-corrected chi connectivity index (χ4v) is 0.821. The summed E-state index contributed by atoms with van der Waals surface area (Å²) in [7, 11) is 0. The smallest absolute Gasteiger partial charge is 0.0566 e. The molecule has 64 valence electrons. The second-order valence-electron chi connectivity index (χ2n) is 2.40. The molecule has 0 rings (SSSR count). The van der Waals surface area contributed by atoms with E-state index in [0.717, 1.165) is 13.1 Å². The number of rotatable bonds is 5. The van der Waals surface area contributed by atoms with E-state index in [2.05, 4.69) is 36.3 Å². The van der Waals surface area contributed by atoms with Crippen molar-refractivity contribution in [3.05, 3.63) is 12.2 Å². The van der Waals surface area contributed by atoms with Crippen molar-refractivity contribution in [3.63, 3.8) is 0 Å². The standard InChI is InChI=1S/C9H18N2/c1-4-10-8-6-7-9(3)11-5-2/h4,6-7,9,11H,5,8H2,1-3H3. The van der Waals surface area contributed by atoms with Crippen molar-refractivity contribution in [1.29, 1.82) is 0 Å². The number of hydrogen-bond acceptors (Lipinski definition) is 2. The highest BCUT2D eigenvalue weighted by molar-refractivity contribution is 5.53. The largest absolute Gasteiger partial charge is 0.311 e. The van der Waals surface area contributed by atoms with Crippen LogP contribution in [0.1, 0.15) is 20.8 Å². The maximum Gasteiger partial charge on any atom is 0.0566 e. The van der Waals surface area contributed by atoms with E-state index < -0.39 is 0 Å². The third-order valence-corrected chi connectivity index (χ3v) is 1.34. The topological polar surface area (TPSA) is 24.4 Å². The summed E-state index contributed by atoms with van der Waals surface area (Å²) in [5.41, 5.74) is 0. The molecule has 1 N–H and O–H groups in total. The molecule has 0 aliphatic rings. The van der Waals surface area contributed by atoms with E-state index in [1.807, 2.05) is 13.1 Å². The Morgan fingerprint density at radius 2 is 2.27 bits per heavy atom. The van der Waals surface area contributed by atoms with Crippen molar-refractivity contribution in [1.82, 2.24) is 5.32 Å². The second kappa shape index (κ2) is 7.48. The predicted molar refractivity (Wildman–Crippen MR) is 51.3 cm³/mol. The van der Waals surface area contributed by atoms with Gasteiger partial charge < -0.3 is 5.32 Å². The predicted octanol–water partition coefficient (Wildman–Crippen LogP) is 1.63. The molecule has 0 heterocycles. The zero-order valence-electron chi connectivity index (χ0n) is 7.67. The van der Waals surface area contributed by atoms with Crippen molar-refractivity contribution in [2.24, 2.45) is 4.99 Å². The van der Waals surface area contributed by atoms with Gasteiger partial charge in [0.25, 0.3) is 0 Å². The summed E-state index contributed by atoms with van der Waals surface area (Å²) in [5.74, 6) is 0. The third kappa shape index (κ3) is 7.26. The Kier molecular flexibility index (Phi) is 7.05. The zero-order chi connectivity index (χ0) is 8.53. The molecular formula is C9H18N2. The molecule has 0 aromatic carbocycles. The summed E-state index contributed by atoms with van der Waals surface area (Å²) < 4.78 is 0. The summed E-state index contributed by atoms with van der Waals surface area (Å²) in [6, 6.07) is 0.465. The van der Waals surface area contributed by atoms with Gasteiger partial charge in [-0.3, -0.25) is 4.99 Å². The van der Waals surface area contributed by atoms with Gasteiger partial charge in [0, 0.05) is 6.04 Å². The quantitative estimate of drug-likeness (QED) is 0.472. The highest BCUT2D eigenvalue weighted by Crippen LogP contribution is 1.84. The minimum atomic E-state index is 0.465. The molecule has 0 fully saturated rings. The molecule has 0 aliphatic carbocycles. The SMILES string of the molecule is CC=NCC=CC(C)NCC. The van der Waals surface area contributed by atoms with E-state index in [1.165, 1.54) is 0 Å². The summed E-state index contributed by atoms with van der Waals surface area (Å²) >= 11 is 0. The van der Waals surface area contributed by atoms with Gasteiger partial charge in [0.15, 0.2) is 0 Å². The van der Waals surface area contributed by atoms with Crippen molar-refractivity contribution < 1.29 is 0 Å². The van der Waals surface area contributed by atoms with Crippen molar-refractivity contribution in [2.45, 2.75) is 26.8 Å². The molecule has 0 spiro atoms. The third-order valence-electron chi connectivity index (χ3n) is 1.34. The van der Waals surface area contributed by atoms with Crippen LogP contribution < -0.4 is 5.32 Å². The lowest BCUT2D eigenvalue weighted by Gasteiger charge is -2.04. The van der Waals surface area contributed by atoms with Gasteiger partial charge in [-0.2, -0.15) is 0 Å². The highest BCUT2D eigenvalue weighted by atomic mass is 14.9. The number of hydrogen-bond donors (Lipinski definition) is 1. The van der Waals surface area contributed by atoms with Gasteiger partial charge in [0.1, 0.15) is 0 Å². The normalized spacial score (nSPS) is 14.8. The Morgan fingerprint density at radius 3 is 2.82 bits per heavy atom. The van der Waals surface area contributed by atoms with Crippen LogP contribution >= 0.6 is 0 Å². The van der Waals surface area contributed by atoms with Crippen molar-refractivity contribution in [3.8, 4) is 0 Å². The first-order chi connectivity index (χ1) is 5.31. The van der Waals surface area contributed by atoms with Crippen LogP contribution in [-0.4, -0.2) is 25.3 Å². The maximum absolute atomic E-state index is 4.06.